The predicted octanol–water partition coefficient (Wildman–Crippen LogP) is 3.12. The van der Waals surface area contributed by atoms with E-state index >= 15 is 0 Å². The van der Waals surface area contributed by atoms with Crippen LogP contribution < -0.4 is 10.2 Å². The maximum atomic E-state index is 6.45. The number of hydrogen-bond acceptors (Lipinski definition) is 3. The number of halogens is 1. The van der Waals surface area contributed by atoms with Crippen LogP contribution in [0.5, 0.6) is 0 Å². The Balaban J connectivity index is 1.70. The van der Waals surface area contributed by atoms with Crippen LogP contribution in [-0.2, 0) is 6.54 Å². The number of piperazine rings is 1. The lowest BCUT2D eigenvalue weighted by molar-refractivity contribution is 0.209. The predicted molar refractivity (Wildman–Crippen MR) is 90.2 cm³/mol. The van der Waals surface area contributed by atoms with Gasteiger partial charge in [-0.3, -0.25) is 4.90 Å². The van der Waals surface area contributed by atoms with Crippen molar-refractivity contribution in [3.8, 4) is 0 Å². The van der Waals surface area contributed by atoms with Crippen molar-refractivity contribution in [2.75, 3.05) is 31.1 Å². The molecule has 3 rings (SSSR count). The van der Waals surface area contributed by atoms with E-state index in [0.29, 0.717) is 12.1 Å². The summed E-state index contributed by atoms with van der Waals surface area (Å²) in [5.74, 6) is 0. The van der Waals surface area contributed by atoms with Gasteiger partial charge in [-0.2, -0.15) is 0 Å². The van der Waals surface area contributed by atoms with Gasteiger partial charge in [0.2, 0.25) is 0 Å². The van der Waals surface area contributed by atoms with E-state index in [1.807, 2.05) is 6.07 Å². The molecule has 1 heterocycles. The van der Waals surface area contributed by atoms with Gasteiger partial charge in [-0.15, -0.1) is 0 Å². The van der Waals surface area contributed by atoms with Crippen molar-refractivity contribution < 1.29 is 0 Å². The molecular weight excluding hydrogens is 282 g/mol. The molecule has 0 aromatic heterocycles. The molecule has 0 bridgehead atoms. The number of nitrogens with zero attached hydrogens (tertiary/aromatic N) is 2. The maximum absolute atomic E-state index is 6.45. The molecule has 0 spiro atoms. The highest BCUT2D eigenvalue weighted by Gasteiger charge is 2.24. The van der Waals surface area contributed by atoms with Gasteiger partial charge in [-0.1, -0.05) is 17.7 Å². The quantitative estimate of drug-likeness (QED) is 0.901. The van der Waals surface area contributed by atoms with Crippen molar-refractivity contribution >= 4 is 17.3 Å². The Morgan fingerprint density at radius 1 is 1.19 bits per heavy atom. The lowest BCUT2D eigenvalue weighted by Crippen LogP contribution is -2.49. The Morgan fingerprint density at radius 3 is 2.52 bits per heavy atom. The van der Waals surface area contributed by atoms with Gasteiger partial charge in [-0.25, -0.2) is 0 Å². The first kappa shape index (κ1) is 15.1. The minimum Gasteiger partial charge on any atom is -0.369 e. The molecule has 1 aromatic carbocycles. The Kier molecular flexibility index (Phi) is 4.72. The minimum absolute atomic E-state index is 0.641. The molecule has 116 valence electrons. The Bertz CT molecular complexity index is 477. The van der Waals surface area contributed by atoms with Crippen molar-refractivity contribution in [2.24, 2.45) is 0 Å². The van der Waals surface area contributed by atoms with E-state index < -0.39 is 0 Å². The summed E-state index contributed by atoms with van der Waals surface area (Å²) < 4.78 is 0. The summed E-state index contributed by atoms with van der Waals surface area (Å²) in [6.45, 7) is 9.91. The van der Waals surface area contributed by atoms with Crippen molar-refractivity contribution in [1.29, 1.82) is 0 Å². The summed E-state index contributed by atoms with van der Waals surface area (Å²) in [4.78, 5) is 5.04. The van der Waals surface area contributed by atoms with Crippen LogP contribution in [0.3, 0.4) is 0 Å². The van der Waals surface area contributed by atoms with E-state index in [0.717, 1.165) is 37.7 Å². The molecule has 3 nitrogen and oxygen atoms in total. The fourth-order valence-electron chi connectivity index (χ4n) is 3.03. The van der Waals surface area contributed by atoms with Gasteiger partial charge in [0.25, 0.3) is 0 Å². The summed E-state index contributed by atoms with van der Waals surface area (Å²) in [6, 6.07) is 7.67. The fraction of sp³-hybridized carbons (Fsp3) is 0.647. The molecule has 0 unspecified atom stereocenters. The van der Waals surface area contributed by atoms with Crippen LogP contribution in [0.25, 0.3) is 0 Å². The summed E-state index contributed by atoms with van der Waals surface area (Å²) in [5.41, 5.74) is 2.59. The van der Waals surface area contributed by atoms with Crippen LogP contribution in [0.15, 0.2) is 18.2 Å². The number of hydrogen-bond donors (Lipinski definition) is 1. The number of nitrogens with one attached hydrogen (secondary N) is 1. The molecule has 21 heavy (non-hydrogen) atoms. The highest BCUT2D eigenvalue weighted by atomic mass is 35.5. The van der Waals surface area contributed by atoms with Crippen LogP contribution in [0.4, 0.5) is 5.69 Å². The SMILES string of the molecule is CC(C)N1CCN(c2cccc(Cl)c2CNC2CC2)CC1. The van der Waals surface area contributed by atoms with Crippen LogP contribution >= 0.6 is 11.6 Å². The monoisotopic (exact) mass is 307 g/mol. The first-order chi connectivity index (χ1) is 10.1. The molecule has 2 fully saturated rings. The molecule has 0 radical (unpaired) electrons. The lowest BCUT2D eigenvalue weighted by atomic mass is 10.1. The largest absolute Gasteiger partial charge is 0.369 e. The molecule has 2 aliphatic rings. The Labute approximate surface area is 133 Å². The van der Waals surface area contributed by atoms with Crippen LogP contribution in [0.2, 0.25) is 5.02 Å². The zero-order chi connectivity index (χ0) is 14.8. The molecule has 0 amide bonds. The topological polar surface area (TPSA) is 18.5 Å². The van der Waals surface area contributed by atoms with E-state index in [4.69, 9.17) is 11.6 Å². The number of anilines is 1. The van der Waals surface area contributed by atoms with E-state index in [1.165, 1.54) is 24.1 Å². The molecular formula is C17H26ClN3. The van der Waals surface area contributed by atoms with E-state index in [9.17, 15) is 0 Å². The van der Waals surface area contributed by atoms with Crippen LogP contribution in [0, 0.1) is 0 Å². The molecule has 1 N–H and O–H groups in total. The summed E-state index contributed by atoms with van der Waals surface area (Å²) >= 11 is 6.45. The summed E-state index contributed by atoms with van der Waals surface area (Å²) in [6.07, 6.45) is 2.62. The normalized spacial score (nSPS) is 20.3. The van der Waals surface area contributed by atoms with Crippen molar-refractivity contribution in [1.82, 2.24) is 10.2 Å². The maximum Gasteiger partial charge on any atom is 0.0471 e. The van der Waals surface area contributed by atoms with E-state index in [-0.39, 0.29) is 0 Å². The van der Waals surface area contributed by atoms with Gasteiger partial charge in [0, 0.05) is 61.1 Å². The fourth-order valence-corrected chi connectivity index (χ4v) is 3.27. The average molecular weight is 308 g/mol. The molecule has 1 aliphatic heterocycles. The first-order valence-corrected chi connectivity index (χ1v) is 8.52. The zero-order valence-corrected chi connectivity index (χ0v) is 13.9. The van der Waals surface area contributed by atoms with Gasteiger partial charge in [0.05, 0.1) is 0 Å². The van der Waals surface area contributed by atoms with E-state index in [2.05, 4.69) is 41.1 Å². The second-order valence-electron chi connectivity index (χ2n) is 6.51. The molecule has 1 aromatic rings. The summed E-state index contributed by atoms with van der Waals surface area (Å²) in [5, 5.41) is 4.49. The third-order valence-electron chi connectivity index (χ3n) is 4.62. The second-order valence-corrected chi connectivity index (χ2v) is 6.92. The van der Waals surface area contributed by atoms with Gasteiger partial charge in [-0.05, 0) is 38.8 Å². The van der Waals surface area contributed by atoms with Crippen LogP contribution in [-0.4, -0.2) is 43.2 Å². The third kappa shape index (κ3) is 3.71. The Morgan fingerprint density at radius 2 is 1.90 bits per heavy atom. The molecule has 4 heteroatoms. The number of benzene rings is 1. The van der Waals surface area contributed by atoms with Crippen molar-refractivity contribution in [3.05, 3.63) is 28.8 Å². The summed E-state index contributed by atoms with van der Waals surface area (Å²) in [7, 11) is 0. The zero-order valence-electron chi connectivity index (χ0n) is 13.1. The van der Waals surface area contributed by atoms with Gasteiger partial charge in [0.1, 0.15) is 0 Å². The highest BCUT2D eigenvalue weighted by Crippen LogP contribution is 2.30. The average Bonchev–Trinajstić information content (AvgIpc) is 3.30. The second kappa shape index (κ2) is 6.55. The standard InChI is InChI=1S/C17H26ClN3/c1-13(2)20-8-10-21(11-9-20)17-5-3-4-16(18)15(17)12-19-14-6-7-14/h3-5,13-14,19H,6-12H2,1-2H3. The van der Waals surface area contributed by atoms with Crippen LogP contribution in [0.1, 0.15) is 32.3 Å². The highest BCUT2D eigenvalue weighted by molar-refractivity contribution is 6.31. The molecule has 1 aliphatic carbocycles. The molecule has 0 atom stereocenters. The number of rotatable bonds is 5. The van der Waals surface area contributed by atoms with Gasteiger partial charge in [0.15, 0.2) is 0 Å². The van der Waals surface area contributed by atoms with E-state index in [1.54, 1.807) is 0 Å². The lowest BCUT2D eigenvalue weighted by Gasteiger charge is -2.39. The molecule has 1 saturated carbocycles. The van der Waals surface area contributed by atoms with Gasteiger partial charge >= 0.3 is 0 Å². The van der Waals surface area contributed by atoms with Gasteiger partial charge < -0.3 is 10.2 Å². The Hall–Kier alpha value is -0.770. The van der Waals surface area contributed by atoms with Crippen molar-refractivity contribution in [2.45, 2.75) is 45.3 Å². The molecule has 1 saturated heterocycles. The van der Waals surface area contributed by atoms with Crippen molar-refractivity contribution in [3.63, 3.8) is 0 Å². The third-order valence-corrected chi connectivity index (χ3v) is 4.98. The minimum atomic E-state index is 0.641. The first-order valence-electron chi connectivity index (χ1n) is 8.15. The smallest absolute Gasteiger partial charge is 0.0471 e.